The predicted octanol–water partition coefficient (Wildman–Crippen LogP) is 2.28. The number of fused-ring (bicyclic) bond motifs is 1. The molecule has 1 aromatic heterocycles. The number of amides is 3. The van der Waals surface area contributed by atoms with Gasteiger partial charge in [-0.1, -0.05) is 72.4 Å². The van der Waals surface area contributed by atoms with Gasteiger partial charge in [-0.15, -0.1) is 16.9 Å². The Balaban J connectivity index is 1.25. The van der Waals surface area contributed by atoms with Crippen molar-refractivity contribution < 1.29 is 38.6 Å². The van der Waals surface area contributed by atoms with Crippen molar-refractivity contribution in [2.24, 2.45) is 12.8 Å². The standard InChI is InChI=1S/C33H29N7O8S2/c1-38-33(35-36-37-38)50-18-20-17-49-30-27(29(43)40(30)26(20)31(44)45)39(28(42)25(34)19-10-4-2-5-11-19)24(41)16-47-23-15-9-8-14-22(23)32(46)48-21-12-6-3-7-13-21/h2-15,25,27,30H,16-18,34H2,1H3,(H,44,45)/t25-,27?,30-/m1/s1. The molecular formula is C33H29N7O8S2. The van der Waals surface area contributed by atoms with Gasteiger partial charge >= 0.3 is 11.9 Å². The zero-order chi connectivity index (χ0) is 35.4. The van der Waals surface area contributed by atoms with Gasteiger partial charge in [0.05, 0.1) is 0 Å². The number of nitrogens with two attached hydrogens (primary N) is 1. The molecule has 3 N–H and O–H groups in total. The van der Waals surface area contributed by atoms with Crippen molar-refractivity contribution in [3.8, 4) is 11.5 Å². The number of aromatic nitrogens is 4. The van der Waals surface area contributed by atoms with Crippen LogP contribution in [0.1, 0.15) is 22.0 Å². The van der Waals surface area contributed by atoms with E-state index in [1.54, 1.807) is 79.8 Å². The van der Waals surface area contributed by atoms with Crippen molar-refractivity contribution in [2.45, 2.75) is 22.6 Å². The zero-order valence-corrected chi connectivity index (χ0v) is 28.0. The molecule has 3 heterocycles. The van der Waals surface area contributed by atoms with Crippen LogP contribution in [0.2, 0.25) is 0 Å². The molecule has 17 heteroatoms. The van der Waals surface area contributed by atoms with E-state index in [4.69, 9.17) is 15.2 Å². The topological polar surface area (TPSA) is 200 Å². The first-order valence-corrected chi connectivity index (χ1v) is 17.1. The second kappa shape index (κ2) is 14.9. The van der Waals surface area contributed by atoms with E-state index in [-0.39, 0.29) is 28.5 Å². The largest absolute Gasteiger partial charge is 0.483 e. The molecule has 2 aliphatic heterocycles. The summed E-state index contributed by atoms with van der Waals surface area (Å²) in [6.07, 6.45) is 0. The van der Waals surface area contributed by atoms with E-state index >= 15 is 0 Å². The second-order valence-corrected chi connectivity index (χ2v) is 13.0. The number of tetrazole rings is 1. The van der Waals surface area contributed by atoms with Crippen molar-refractivity contribution in [3.05, 3.63) is 107 Å². The maximum Gasteiger partial charge on any atom is 0.352 e. The summed E-state index contributed by atoms with van der Waals surface area (Å²) in [5.74, 6) is -3.94. The number of para-hydroxylation sites is 2. The highest BCUT2D eigenvalue weighted by atomic mass is 32.2. The molecule has 4 aromatic rings. The summed E-state index contributed by atoms with van der Waals surface area (Å²) in [6, 6.07) is 20.1. The first kappa shape index (κ1) is 34.3. The van der Waals surface area contributed by atoms with Crippen molar-refractivity contribution in [1.29, 1.82) is 0 Å². The number of carboxylic acid groups (broad SMARTS) is 1. The van der Waals surface area contributed by atoms with E-state index in [2.05, 4.69) is 15.5 Å². The molecule has 1 unspecified atom stereocenters. The van der Waals surface area contributed by atoms with Crippen LogP contribution in [-0.4, -0.2) is 94.3 Å². The minimum absolute atomic E-state index is 0.00601. The lowest BCUT2D eigenvalue weighted by atomic mass is 9.99. The van der Waals surface area contributed by atoms with Crippen molar-refractivity contribution in [1.82, 2.24) is 30.0 Å². The minimum Gasteiger partial charge on any atom is -0.483 e. The van der Waals surface area contributed by atoms with E-state index in [0.29, 0.717) is 22.0 Å². The Morgan fingerprint density at radius 2 is 1.72 bits per heavy atom. The molecule has 1 saturated heterocycles. The van der Waals surface area contributed by atoms with E-state index < -0.39 is 53.7 Å². The van der Waals surface area contributed by atoms with Crippen LogP contribution < -0.4 is 15.2 Å². The summed E-state index contributed by atoms with van der Waals surface area (Å²) in [4.78, 5) is 69.1. The Labute approximate surface area is 293 Å². The summed E-state index contributed by atoms with van der Waals surface area (Å²) < 4.78 is 12.6. The number of nitrogens with zero attached hydrogens (tertiary/aromatic N) is 6. The first-order chi connectivity index (χ1) is 24.2. The molecule has 1 fully saturated rings. The number of β-lactam (4-membered cyclic amide) rings is 1. The molecule has 6 rings (SSSR count). The van der Waals surface area contributed by atoms with Gasteiger partial charge in [-0.05, 0) is 45.8 Å². The fraction of sp³-hybridized carbons (Fsp3) is 0.212. The van der Waals surface area contributed by atoms with Gasteiger partial charge in [0, 0.05) is 18.6 Å². The number of carboxylic acids is 1. The van der Waals surface area contributed by atoms with Gasteiger partial charge in [-0.25, -0.2) is 14.3 Å². The van der Waals surface area contributed by atoms with Gasteiger partial charge < -0.3 is 20.3 Å². The lowest BCUT2D eigenvalue weighted by molar-refractivity contribution is -0.167. The Bertz CT molecular complexity index is 1970. The van der Waals surface area contributed by atoms with Crippen LogP contribution in [0.4, 0.5) is 0 Å². The summed E-state index contributed by atoms with van der Waals surface area (Å²) in [7, 11) is 1.64. The Hall–Kier alpha value is -5.52. The maximum absolute atomic E-state index is 14.0. The fourth-order valence-electron chi connectivity index (χ4n) is 5.36. The third kappa shape index (κ3) is 6.96. The average molecular weight is 716 g/mol. The van der Waals surface area contributed by atoms with E-state index in [9.17, 15) is 29.1 Å². The molecule has 3 aromatic carbocycles. The van der Waals surface area contributed by atoms with Gasteiger partial charge in [-0.3, -0.25) is 24.2 Å². The van der Waals surface area contributed by atoms with Crippen LogP contribution in [0.25, 0.3) is 0 Å². The lowest BCUT2D eigenvalue weighted by Crippen LogP contribution is -2.73. The molecule has 0 saturated carbocycles. The third-order valence-electron chi connectivity index (χ3n) is 7.80. The van der Waals surface area contributed by atoms with E-state index in [0.717, 1.165) is 9.80 Å². The molecule has 50 heavy (non-hydrogen) atoms. The number of thioether (sulfide) groups is 2. The third-order valence-corrected chi connectivity index (χ3v) is 10.2. The number of carbonyl (C=O) groups is 5. The highest BCUT2D eigenvalue weighted by Gasteiger charge is 2.58. The minimum atomic E-state index is -1.37. The second-order valence-electron chi connectivity index (χ2n) is 11.0. The molecule has 15 nitrogen and oxygen atoms in total. The molecule has 0 spiro atoms. The predicted molar refractivity (Wildman–Crippen MR) is 180 cm³/mol. The summed E-state index contributed by atoms with van der Waals surface area (Å²) in [6.45, 7) is -0.751. The quantitative estimate of drug-likeness (QED) is 0.0937. The molecule has 3 atom stereocenters. The number of hydrogen-bond acceptors (Lipinski definition) is 13. The monoisotopic (exact) mass is 715 g/mol. The van der Waals surface area contributed by atoms with Crippen LogP contribution >= 0.6 is 23.5 Å². The number of aryl methyl sites for hydroxylation is 1. The molecule has 0 aliphatic carbocycles. The molecule has 256 valence electrons. The van der Waals surface area contributed by atoms with Crippen LogP contribution in [0.5, 0.6) is 11.5 Å². The summed E-state index contributed by atoms with van der Waals surface area (Å²) in [5, 5.41) is 21.0. The molecule has 2 aliphatic rings. The molecular weight excluding hydrogens is 687 g/mol. The van der Waals surface area contributed by atoms with Crippen molar-refractivity contribution in [3.63, 3.8) is 0 Å². The van der Waals surface area contributed by atoms with Gasteiger partial charge in [0.2, 0.25) is 5.16 Å². The first-order valence-electron chi connectivity index (χ1n) is 15.1. The van der Waals surface area contributed by atoms with E-state index in [1.165, 1.54) is 40.3 Å². The molecule has 0 bridgehead atoms. The van der Waals surface area contributed by atoms with Crippen LogP contribution in [0, 0.1) is 0 Å². The fourth-order valence-corrected chi connectivity index (χ4v) is 7.74. The zero-order valence-electron chi connectivity index (χ0n) is 26.3. The van der Waals surface area contributed by atoms with Crippen molar-refractivity contribution >= 4 is 53.2 Å². The normalized spacial score (nSPS) is 17.3. The number of benzene rings is 3. The van der Waals surface area contributed by atoms with Crippen LogP contribution in [-0.2, 0) is 26.2 Å². The van der Waals surface area contributed by atoms with Gasteiger partial charge in [0.25, 0.3) is 17.7 Å². The number of hydrogen-bond donors (Lipinski definition) is 2. The summed E-state index contributed by atoms with van der Waals surface area (Å²) in [5.41, 5.74) is 6.99. The highest BCUT2D eigenvalue weighted by Crippen LogP contribution is 2.44. The lowest BCUT2D eigenvalue weighted by Gasteiger charge is -2.52. The van der Waals surface area contributed by atoms with E-state index in [1.807, 2.05) is 0 Å². The SMILES string of the molecule is Cn1nnnc1SCC1=C(C(=O)O)N2C(=O)C(N(C(=O)COc3ccccc3C(=O)Oc3ccccc3)C(=O)[C@H](N)c3ccccc3)[C@H]2SC1. The number of ether oxygens (including phenoxy) is 2. The molecule has 3 amide bonds. The number of carbonyl (C=O) groups excluding carboxylic acids is 4. The summed E-state index contributed by atoms with van der Waals surface area (Å²) >= 11 is 2.42. The smallest absolute Gasteiger partial charge is 0.352 e. The number of aliphatic carboxylic acids is 1. The van der Waals surface area contributed by atoms with Gasteiger partial charge in [-0.2, -0.15) is 0 Å². The number of esters is 1. The van der Waals surface area contributed by atoms with Crippen LogP contribution in [0.15, 0.2) is 101 Å². The Kier molecular flexibility index (Phi) is 10.3. The maximum atomic E-state index is 14.0. The number of rotatable bonds is 12. The van der Waals surface area contributed by atoms with Crippen LogP contribution in [0.3, 0.4) is 0 Å². The molecule has 0 radical (unpaired) electrons. The Morgan fingerprint density at radius 3 is 2.40 bits per heavy atom. The van der Waals surface area contributed by atoms with Crippen molar-refractivity contribution in [2.75, 3.05) is 18.1 Å². The highest BCUT2D eigenvalue weighted by molar-refractivity contribution is 8.01. The number of imide groups is 1. The van der Waals surface area contributed by atoms with Gasteiger partial charge in [0.15, 0.2) is 6.61 Å². The Morgan fingerprint density at radius 1 is 1.04 bits per heavy atom. The van der Waals surface area contributed by atoms with Gasteiger partial charge in [0.1, 0.15) is 40.2 Å². The average Bonchev–Trinajstić information content (AvgIpc) is 3.55.